The average Bonchev–Trinajstić information content (AvgIpc) is 3.17. The average molecular weight is 230 g/mol. The van der Waals surface area contributed by atoms with Crippen molar-refractivity contribution in [3.05, 3.63) is 35.9 Å². The molecule has 2 aliphatic rings. The maximum absolute atomic E-state index is 2.65. The predicted molar refractivity (Wildman–Crippen MR) is 70.9 cm³/mol. The van der Waals surface area contributed by atoms with Crippen LogP contribution in [0.15, 0.2) is 30.3 Å². The fourth-order valence-corrected chi connectivity index (χ4v) is 2.64. The van der Waals surface area contributed by atoms with Crippen molar-refractivity contribution in [2.45, 2.75) is 19.4 Å². The normalized spacial score (nSPS) is 22.8. The molecule has 92 valence electrons. The largest absolute Gasteiger partial charge is 0.301 e. The van der Waals surface area contributed by atoms with E-state index in [0.29, 0.717) is 0 Å². The summed E-state index contributed by atoms with van der Waals surface area (Å²) in [6.07, 6.45) is 2.95. The van der Waals surface area contributed by atoms with Crippen molar-refractivity contribution in [3.8, 4) is 0 Å². The van der Waals surface area contributed by atoms with E-state index in [1.807, 2.05) is 0 Å². The lowest BCUT2D eigenvalue weighted by Gasteiger charge is -2.34. The molecule has 1 aromatic rings. The molecule has 0 atom stereocenters. The Morgan fingerprint density at radius 1 is 0.882 bits per heavy atom. The highest BCUT2D eigenvalue weighted by Crippen LogP contribution is 2.29. The van der Waals surface area contributed by atoms with Gasteiger partial charge in [-0.15, -0.1) is 0 Å². The van der Waals surface area contributed by atoms with Crippen LogP contribution in [0.1, 0.15) is 18.4 Å². The van der Waals surface area contributed by atoms with Gasteiger partial charge in [-0.05, 0) is 24.3 Å². The van der Waals surface area contributed by atoms with Crippen molar-refractivity contribution < 1.29 is 0 Å². The molecule has 2 fully saturated rings. The number of piperazine rings is 1. The number of nitrogens with zero attached hydrogens (tertiary/aromatic N) is 2. The molecule has 0 aromatic heterocycles. The second-order valence-electron chi connectivity index (χ2n) is 5.51. The van der Waals surface area contributed by atoms with E-state index >= 15 is 0 Å². The van der Waals surface area contributed by atoms with Gasteiger partial charge in [-0.25, -0.2) is 0 Å². The van der Waals surface area contributed by atoms with Crippen LogP contribution in [0.2, 0.25) is 0 Å². The minimum Gasteiger partial charge on any atom is -0.301 e. The highest BCUT2D eigenvalue weighted by molar-refractivity contribution is 5.14. The quantitative estimate of drug-likeness (QED) is 0.782. The summed E-state index contributed by atoms with van der Waals surface area (Å²) < 4.78 is 0. The lowest BCUT2D eigenvalue weighted by Crippen LogP contribution is -2.46. The van der Waals surface area contributed by atoms with Crippen LogP contribution in [0.5, 0.6) is 0 Å². The smallest absolute Gasteiger partial charge is 0.0234 e. The molecule has 1 saturated carbocycles. The molecule has 1 saturated heterocycles. The Balaban J connectivity index is 1.44. The topological polar surface area (TPSA) is 6.48 Å². The van der Waals surface area contributed by atoms with Crippen molar-refractivity contribution in [2.75, 3.05) is 32.7 Å². The Labute approximate surface area is 104 Å². The Bertz CT molecular complexity index is 337. The molecule has 0 bridgehead atoms. The molecule has 3 rings (SSSR count). The van der Waals surface area contributed by atoms with Crippen molar-refractivity contribution in [3.63, 3.8) is 0 Å². The molecule has 17 heavy (non-hydrogen) atoms. The van der Waals surface area contributed by atoms with Gasteiger partial charge in [-0.3, -0.25) is 4.90 Å². The van der Waals surface area contributed by atoms with E-state index in [1.165, 1.54) is 51.1 Å². The molecule has 0 spiro atoms. The zero-order chi connectivity index (χ0) is 11.5. The number of benzene rings is 1. The summed E-state index contributed by atoms with van der Waals surface area (Å²) >= 11 is 0. The third-order valence-corrected chi connectivity index (χ3v) is 3.93. The second kappa shape index (κ2) is 5.19. The molecule has 0 amide bonds. The minimum atomic E-state index is 1.04. The first kappa shape index (κ1) is 11.2. The number of hydrogen-bond acceptors (Lipinski definition) is 2. The summed E-state index contributed by atoms with van der Waals surface area (Å²) in [5, 5.41) is 0. The lowest BCUT2D eigenvalue weighted by atomic mass is 10.2. The van der Waals surface area contributed by atoms with E-state index in [2.05, 4.69) is 40.1 Å². The standard InChI is InChI=1S/C15H22N2/c1-2-4-14(5-3-1)12-16-8-10-17(11-9-16)13-15-6-7-15/h1-5,15H,6-13H2. The van der Waals surface area contributed by atoms with Crippen LogP contribution in [0.3, 0.4) is 0 Å². The zero-order valence-electron chi connectivity index (χ0n) is 10.5. The van der Waals surface area contributed by atoms with Crippen LogP contribution in [0, 0.1) is 5.92 Å². The summed E-state index contributed by atoms with van der Waals surface area (Å²) in [7, 11) is 0. The molecule has 1 aliphatic heterocycles. The fraction of sp³-hybridized carbons (Fsp3) is 0.600. The lowest BCUT2D eigenvalue weighted by molar-refractivity contribution is 0.123. The summed E-state index contributed by atoms with van der Waals surface area (Å²) in [5.74, 6) is 1.04. The van der Waals surface area contributed by atoms with Gasteiger partial charge in [0.25, 0.3) is 0 Å². The maximum Gasteiger partial charge on any atom is 0.0234 e. The predicted octanol–water partition coefficient (Wildman–Crippen LogP) is 2.21. The Kier molecular flexibility index (Phi) is 3.44. The van der Waals surface area contributed by atoms with Crippen LogP contribution in [-0.4, -0.2) is 42.5 Å². The van der Waals surface area contributed by atoms with Crippen LogP contribution in [0.4, 0.5) is 0 Å². The van der Waals surface area contributed by atoms with Gasteiger partial charge in [-0.1, -0.05) is 30.3 Å². The molecule has 1 aromatic carbocycles. The maximum atomic E-state index is 2.65. The Morgan fingerprint density at radius 3 is 2.18 bits per heavy atom. The Hall–Kier alpha value is -0.860. The monoisotopic (exact) mass is 230 g/mol. The van der Waals surface area contributed by atoms with Gasteiger partial charge in [0.1, 0.15) is 0 Å². The molecule has 0 unspecified atom stereocenters. The number of hydrogen-bond donors (Lipinski definition) is 0. The molecule has 2 nitrogen and oxygen atoms in total. The first-order chi connectivity index (χ1) is 8.40. The molecule has 0 N–H and O–H groups in total. The molecule has 1 heterocycles. The summed E-state index contributed by atoms with van der Waals surface area (Å²) in [6.45, 7) is 7.49. The molecule has 1 aliphatic carbocycles. The number of rotatable bonds is 4. The van der Waals surface area contributed by atoms with Crippen LogP contribution >= 0.6 is 0 Å². The Morgan fingerprint density at radius 2 is 1.53 bits per heavy atom. The van der Waals surface area contributed by atoms with Gasteiger partial charge < -0.3 is 4.90 Å². The van der Waals surface area contributed by atoms with Crippen molar-refractivity contribution >= 4 is 0 Å². The van der Waals surface area contributed by atoms with E-state index in [9.17, 15) is 0 Å². The van der Waals surface area contributed by atoms with Gasteiger partial charge in [-0.2, -0.15) is 0 Å². The van der Waals surface area contributed by atoms with Gasteiger partial charge in [0.15, 0.2) is 0 Å². The van der Waals surface area contributed by atoms with Gasteiger partial charge in [0, 0.05) is 39.3 Å². The summed E-state index contributed by atoms with van der Waals surface area (Å²) in [5.41, 5.74) is 1.45. The first-order valence-electron chi connectivity index (χ1n) is 6.89. The van der Waals surface area contributed by atoms with Crippen LogP contribution in [-0.2, 0) is 6.54 Å². The molecular weight excluding hydrogens is 208 g/mol. The molecular formula is C15H22N2. The van der Waals surface area contributed by atoms with Crippen molar-refractivity contribution in [1.29, 1.82) is 0 Å². The van der Waals surface area contributed by atoms with Crippen molar-refractivity contribution in [1.82, 2.24) is 9.80 Å². The van der Waals surface area contributed by atoms with Crippen LogP contribution < -0.4 is 0 Å². The van der Waals surface area contributed by atoms with E-state index < -0.39 is 0 Å². The summed E-state index contributed by atoms with van der Waals surface area (Å²) in [4.78, 5) is 5.23. The minimum absolute atomic E-state index is 1.04. The van der Waals surface area contributed by atoms with Gasteiger partial charge in [0.2, 0.25) is 0 Å². The zero-order valence-corrected chi connectivity index (χ0v) is 10.5. The first-order valence-corrected chi connectivity index (χ1v) is 6.89. The third-order valence-electron chi connectivity index (χ3n) is 3.93. The van der Waals surface area contributed by atoms with E-state index in [0.717, 1.165) is 12.5 Å². The van der Waals surface area contributed by atoms with E-state index in [4.69, 9.17) is 0 Å². The van der Waals surface area contributed by atoms with Gasteiger partial charge >= 0.3 is 0 Å². The van der Waals surface area contributed by atoms with E-state index in [-0.39, 0.29) is 0 Å². The molecule has 0 radical (unpaired) electrons. The van der Waals surface area contributed by atoms with Crippen molar-refractivity contribution in [2.24, 2.45) is 5.92 Å². The van der Waals surface area contributed by atoms with Crippen LogP contribution in [0.25, 0.3) is 0 Å². The highest BCUT2D eigenvalue weighted by atomic mass is 15.3. The van der Waals surface area contributed by atoms with E-state index in [1.54, 1.807) is 0 Å². The second-order valence-corrected chi connectivity index (χ2v) is 5.51. The summed E-state index contributed by atoms with van der Waals surface area (Å²) in [6, 6.07) is 10.8. The molecule has 2 heteroatoms. The highest BCUT2D eigenvalue weighted by Gasteiger charge is 2.26. The fourth-order valence-electron chi connectivity index (χ4n) is 2.64. The third kappa shape index (κ3) is 3.30. The SMILES string of the molecule is c1ccc(CN2CCN(CC3CC3)CC2)cc1. The van der Waals surface area contributed by atoms with Gasteiger partial charge in [0.05, 0.1) is 0 Å².